The predicted octanol–water partition coefficient (Wildman–Crippen LogP) is 3.86. The van der Waals surface area contributed by atoms with Gasteiger partial charge in [0.2, 0.25) is 0 Å². The third kappa shape index (κ3) is 4.76. The predicted molar refractivity (Wildman–Crippen MR) is 87.3 cm³/mol. The zero-order valence-corrected chi connectivity index (χ0v) is 13.7. The molecule has 1 fully saturated rings. The standard InChI is InChI=1S/C17H27ClN2/c1-13(2)19-10-15-5-4-8-20(11-15)12-16-7-6-14(3)9-17(16)18/h6-7,9,13,15,19H,4-5,8,10-12H2,1-3H3. The van der Waals surface area contributed by atoms with Crippen molar-refractivity contribution < 1.29 is 0 Å². The van der Waals surface area contributed by atoms with Gasteiger partial charge in [0.25, 0.3) is 0 Å². The van der Waals surface area contributed by atoms with Crippen molar-refractivity contribution in [3.8, 4) is 0 Å². The molecule has 1 heterocycles. The second-order valence-corrected chi connectivity index (χ2v) is 6.81. The molecule has 1 saturated heterocycles. The molecule has 1 aromatic carbocycles. The van der Waals surface area contributed by atoms with E-state index in [1.165, 1.54) is 37.1 Å². The van der Waals surface area contributed by atoms with Gasteiger partial charge >= 0.3 is 0 Å². The maximum atomic E-state index is 6.35. The molecule has 0 amide bonds. The van der Waals surface area contributed by atoms with Crippen molar-refractivity contribution in [2.24, 2.45) is 5.92 Å². The van der Waals surface area contributed by atoms with Gasteiger partial charge in [-0.1, -0.05) is 37.6 Å². The molecule has 0 aromatic heterocycles. The van der Waals surface area contributed by atoms with Crippen LogP contribution in [-0.4, -0.2) is 30.6 Å². The number of rotatable bonds is 5. The van der Waals surface area contributed by atoms with E-state index in [1.807, 2.05) is 0 Å². The Bertz CT molecular complexity index is 431. The molecule has 0 radical (unpaired) electrons. The van der Waals surface area contributed by atoms with Gasteiger partial charge in [-0.2, -0.15) is 0 Å². The number of halogens is 1. The van der Waals surface area contributed by atoms with Gasteiger partial charge in [-0.3, -0.25) is 4.90 Å². The van der Waals surface area contributed by atoms with Crippen molar-refractivity contribution in [1.29, 1.82) is 0 Å². The first kappa shape index (κ1) is 15.8. The van der Waals surface area contributed by atoms with E-state index in [2.05, 4.69) is 49.2 Å². The molecule has 0 spiro atoms. The Hall–Kier alpha value is -0.570. The summed E-state index contributed by atoms with van der Waals surface area (Å²) < 4.78 is 0. The molecular formula is C17H27ClN2. The van der Waals surface area contributed by atoms with Gasteiger partial charge in [0.15, 0.2) is 0 Å². The highest BCUT2D eigenvalue weighted by molar-refractivity contribution is 6.31. The smallest absolute Gasteiger partial charge is 0.0453 e. The SMILES string of the molecule is Cc1ccc(CN2CCCC(CNC(C)C)C2)c(Cl)c1. The van der Waals surface area contributed by atoms with Gasteiger partial charge in [-0.25, -0.2) is 0 Å². The van der Waals surface area contributed by atoms with Gasteiger partial charge in [0, 0.05) is 24.2 Å². The normalized spacial score (nSPS) is 20.6. The molecule has 1 atom stereocenters. The first-order valence-electron chi connectivity index (χ1n) is 7.75. The van der Waals surface area contributed by atoms with Crippen molar-refractivity contribution >= 4 is 11.6 Å². The molecule has 112 valence electrons. The lowest BCUT2D eigenvalue weighted by atomic mass is 9.97. The zero-order chi connectivity index (χ0) is 14.5. The number of nitrogens with one attached hydrogen (secondary N) is 1. The minimum absolute atomic E-state index is 0.580. The molecular weight excluding hydrogens is 268 g/mol. The number of hydrogen-bond acceptors (Lipinski definition) is 2. The van der Waals surface area contributed by atoms with E-state index in [-0.39, 0.29) is 0 Å². The topological polar surface area (TPSA) is 15.3 Å². The minimum atomic E-state index is 0.580. The average molecular weight is 295 g/mol. The maximum absolute atomic E-state index is 6.35. The van der Waals surface area contributed by atoms with Crippen LogP contribution in [0.4, 0.5) is 0 Å². The van der Waals surface area contributed by atoms with E-state index in [9.17, 15) is 0 Å². The first-order valence-corrected chi connectivity index (χ1v) is 8.13. The molecule has 0 aliphatic carbocycles. The first-order chi connectivity index (χ1) is 9.54. The lowest BCUT2D eigenvalue weighted by Gasteiger charge is -2.33. The van der Waals surface area contributed by atoms with Crippen molar-refractivity contribution in [3.05, 3.63) is 34.3 Å². The van der Waals surface area contributed by atoms with Crippen LogP contribution in [0.15, 0.2) is 18.2 Å². The van der Waals surface area contributed by atoms with Crippen LogP contribution in [0, 0.1) is 12.8 Å². The van der Waals surface area contributed by atoms with Crippen molar-refractivity contribution in [1.82, 2.24) is 10.2 Å². The van der Waals surface area contributed by atoms with E-state index in [0.717, 1.165) is 24.0 Å². The summed E-state index contributed by atoms with van der Waals surface area (Å²) in [6.07, 6.45) is 2.64. The summed E-state index contributed by atoms with van der Waals surface area (Å²) in [7, 11) is 0. The summed E-state index contributed by atoms with van der Waals surface area (Å²) in [5, 5.41) is 4.48. The van der Waals surface area contributed by atoms with E-state index in [1.54, 1.807) is 0 Å². The summed E-state index contributed by atoms with van der Waals surface area (Å²) in [4.78, 5) is 2.55. The van der Waals surface area contributed by atoms with Crippen LogP contribution >= 0.6 is 11.6 Å². The second-order valence-electron chi connectivity index (χ2n) is 6.40. The Morgan fingerprint density at radius 1 is 1.40 bits per heavy atom. The largest absolute Gasteiger partial charge is 0.314 e. The van der Waals surface area contributed by atoms with Gasteiger partial charge in [-0.05, 0) is 56.0 Å². The Labute approximate surface area is 128 Å². The lowest BCUT2D eigenvalue weighted by molar-refractivity contribution is 0.164. The fraction of sp³-hybridized carbons (Fsp3) is 0.647. The van der Waals surface area contributed by atoms with E-state index in [4.69, 9.17) is 11.6 Å². The van der Waals surface area contributed by atoms with Crippen molar-refractivity contribution in [2.75, 3.05) is 19.6 Å². The molecule has 20 heavy (non-hydrogen) atoms. The van der Waals surface area contributed by atoms with E-state index >= 15 is 0 Å². The van der Waals surface area contributed by atoms with Crippen molar-refractivity contribution in [3.63, 3.8) is 0 Å². The summed E-state index contributed by atoms with van der Waals surface area (Å²) in [5.41, 5.74) is 2.49. The quantitative estimate of drug-likeness (QED) is 0.887. The number of hydrogen-bond donors (Lipinski definition) is 1. The molecule has 1 aliphatic heterocycles. The van der Waals surface area contributed by atoms with Crippen LogP contribution in [0.25, 0.3) is 0 Å². The molecule has 2 rings (SSSR count). The molecule has 1 unspecified atom stereocenters. The molecule has 1 aromatic rings. The average Bonchev–Trinajstić information content (AvgIpc) is 2.40. The monoisotopic (exact) mass is 294 g/mol. The number of benzene rings is 1. The van der Waals surface area contributed by atoms with Crippen LogP contribution in [0.1, 0.15) is 37.8 Å². The van der Waals surface area contributed by atoms with Crippen LogP contribution < -0.4 is 5.32 Å². The van der Waals surface area contributed by atoms with E-state index in [0.29, 0.717) is 6.04 Å². The van der Waals surface area contributed by atoms with Gasteiger partial charge in [0.1, 0.15) is 0 Å². The summed E-state index contributed by atoms with van der Waals surface area (Å²) >= 11 is 6.35. The van der Waals surface area contributed by atoms with Gasteiger partial charge in [-0.15, -0.1) is 0 Å². The molecule has 0 bridgehead atoms. The number of piperidine rings is 1. The van der Waals surface area contributed by atoms with Crippen molar-refractivity contribution in [2.45, 2.75) is 46.2 Å². The Morgan fingerprint density at radius 2 is 2.20 bits per heavy atom. The Morgan fingerprint density at radius 3 is 2.90 bits per heavy atom. The molecule has 2 nitrogen and oxygen atoms in total. The highest BCUT2D eigenvalue weighted by Gasteiger charge is 2.20. The Kier molecular flexibility index (Phi) is 5.88. The molecule has 3 heteroatoms. The minimum Gasteiger partial charge on any atom is -0.314 e. The number of aryl methyl sites for hydroxylation is 1. The summed E-state index contributed by atoms with van der Waals surface area (Å²) in [5.74, 6) is 0.773. The number of nitrogens with zero attached hydrogens (tertiary/aromatic N) is 1. The zero-order valence-electron chi connectivity index (χ0n) is 13.0. The fourth-order valence-electron chi connectivity index (χ4n) is 2.89. The summed E-state index contributed by atoms with van der Waals surface area (Å²) in [6, 6.07) is 6.98. The molecule has 0 saturated carbocycles. The highest BCUT2D eigenvalue weighted by atomic mass is 35.5. The van der Waals surface area contributed by atoms with E-state index < -0.39 is 0 Å². The highest BCUT2D eigenvalue weighted by Crippen LogP contribution is 2.23. The van der Waals surface area contributed by atoms with Crippen LogP contribution in [0.3, 0.4) is 0 Å². The molecule has 1 N–H and O–H groups in total. The maximum Gasteiger partial charge on any atom is 0.0453 e. The lowest BCUT2D eigenvalue weighted by Crippen LogP contribution is -2.40. The van der Waals surface area contributed by atoms with Crippen LogP contribution in [0.5, 0.6) is 0 Å². The Balaban J connectivity index is 1.89. The van der Waals surface area contributed by atoms with Gasteiger partial charge < -0.3 is 5.32 Å². The van der Waals surface area contributed by atoms with Gasteiger partial charge in [0.05, 0.1) is 0 Å². The third-order valence-corrected chi connectivity index (χ3v) is 4.37. The van der Waals surface area contributed by atoms with Crippen LogP contribution in [0.2, 0.25) is 5.02 Å². The second kappa shape index (κ2) is 7.44. The third-order valence-electron chi connectivity index (χ3n) is 4.02. The molecule has 1 aliphatic rings. The van der Waals surface area contributed by atoms with Crippen LogP contribution in [-0.2, 0) is 6.54 Å². The fourth-order valence-corrected chi connectivity index (χ4v) is 3.18. The summed E-state index contributed by atoms with van der Waals surface area (Å²) in [6.45, 7) is 11.0. The number of likely N-dealkylation sites (tertiary alicyclic amines) is 1.